The van der Waals surface area contributed by atoms with Gasteiger partial charge in [-0.05, 0) is 0 Å². The summed E-state index contributed by atoms with van der Waals surface area (Å²) in [6, 6.07) is 0.999. The van der Waals surface area contributed by atoms with Crippen molar-refractivity contribution < 1.29 is 24.5 Å². The first-order valence-corrected chi connectivity index (χ1v) is 3.97. The van der Waals surface area contributed by atoms with Crippen LogP contribution in [-0.4, -0.2) is 33.5 Å². The average molecular weight is 229 g/mol. The molecule has 0 aliphatic rings. The molecule has 1 amide bonds. The van der Waals surface area contributed by atoms with E-state index in [4.69, 9.17) is 5.11 Å². The number of nitrogens with zero attached hydrogens (tertiary/aromatic N) is 1. The van der Waals surface area contributed by atoms with Crippen LogP contribution >= 0.6 is 0 Å². The number of nitro groups is 1. The summed E-state index contributed by atoms with van der Waals surface area (Å²) in [6.45, 7) is -0.700. The van der Waals surface area contributed by atoms with Gasteiger partial charge in [0.05, 0.1) is 11.1 Å². The number of carboxylic acid groups (broad SMARTS) is 1. The Morgan fingerprint density at radius 2 is 2.31 bits per heavy atom. The Hall–Kier alpha value is -2.42. The predicted molar refractivity (Wildman–Crippen MR) is 48.5 cm³/mol. The number of nitrogens with one attached hydrogen (secondary N) is 2. The zero-order valence-electron chi connectivity index (χ0n) is 7.80. The lowest BCUT2D eigenvalue weighted by Gasteiger charge is -2.00. The average Bonchev–Trinajstić information content (AvgIpc) is 2.65. The summed E-state index contributed by atoms with van der Waals surface area (Å²) in [5.41, 5.74) is 1.43. The van der Waals surface area contributed by atoms with Crippen molar-refractivity contribution in [3.63, 3.8) is 0 Å². The number of rotatable bonds is 5. The molecule has 1 aromatic rings. The number of hydrogen-bond donors (Lipinski definition) is 3. The maximum Gasteiger partial charge on any atom is 0.332 e. The van der Waals surface area contributed by atoms with E-state index in [1.54, 1.807) is 0 Å². The predicted octanol–water partition coefficient (Wildman–Crippen LogP) is -0.331. The van der Waals surface area contributed by atoms with Gasteiger partial charge < -0.3 is 10.1 Å². The quantitative estimate of drug-likeness (QED) is 0.467. The lowest BCUT2D eigenvalue weighted by molar-refractivity contribution is -0.384. The van der Waals surface area contributed by atoms with E-state index in [0.29, 0.717) is 0 Å². The van der Waals surface area contributed by atoms with Gasteiger partial charge in [0.2, 0.25) is 0 Å². The number of carbonyl (C=O) groups excluding carboxylic acids is 1. The van der Waals surface area contributed by atoms with Crippen LogP contribution in [0.25, 0.3) is 0 Å². The third kappa shape index (κ3) is 3.06. The van der Waals surface area contributed by atoms with Crippen molar-refractivity contribution in [2.75, 3.05) is 6.61 Å². The zero-order chi connectivity index (χ0) is 12.1. The van der Waals surface area contributed by atoms with E-state index in [-0.39, 0.29) is 11.4 Å². The van der Waals surface area contributed by atoms with Gasteiger partial charge in [0, 0.05) is 6.07 Å². The van der Waals surface area contributed by atoms with Crippen molar-refractivity contribution in [1.82, 2.24) is 10.5 Å². The summed E-state index contributed by atoms with van der Waals surface area (Å²) in [5.74, 6) is -2.05. The number of hydrogen-bond acceptors (Lipinski definition) is 5. The molecule has 9 nitrogen and oxygen atoms in total. The summed E-state index contributed by atoms with van der Waals surface area (Å²) in [5, 5.41) is 18.5. The molecule has 3 N–H and O–H groups in total. The normalized spacial score (nSPS) is 9.75. The van der Waals surface area contributed by atoms with Crippen LogP contribution in [0.5, 0.6) is 0 Å². The Morgan fingerprint density at radius 3 is 2.81 bits per heavy atom. The van der Waals surface area contributed by atoms with Crippen LogP contribution in [0, 0.1) is 10.1 Å². The second-order valence-electron chi connectivity index (χ2n) is 2.64. The highest BCUT2D eigenvalue weighted by atomic mass is 16.7. The molecule has 86 valence electrons. The summed E-state index contributed by atoms with van der Waals surface area (Å²) in [6.07, 6.45) is 1.03. The van der Waals surface area contributed by atoms with Gasteiger partial charge in [0.1, 0.15) is 5.69 Å². The van der Waals surface area contributed by atoms with E-state index in [0.717, 1.165) is 12.3 Å². The summed E-state index contributed by atoms with van der Waals surface area (Å²) in [4.78, 5) is 37.5. The number of amides is 1. The Kier molecular flexibility index (Phi) is 3.56. The maximum atomic E-state index is 11.2. The molecular formula is C7H7N3O6. The molecule has 0 saturated heterocycles. The van der Waals surface area contributed by atoms with E-state index in [1.165, 1.54) is 0 Å². The third-order valence-electron chi connectivity index (χ3n) is 1.48. The Labute approximate surface area is 88.1 Å². The van der Waals surface area contributed by atoms with Gasteiger partial charge in [-0.1, -0.05) is 0 Å². The van der Waals surface area contributed by atoms with Gasteiger partial charge in [0.15, 0.2) is 6.61 Å². The molecule has 1 rings (SSSR count). The van der Waals surface area contributed by atoms with Crippen molar-refractivity contribution in [1.29, 1.82) is 0 Å². The molecule has 0 atom stereocenters. The zero-order valence-corrected chi connectivity index (χ0v) is 7.80. The second-order valence-corrected chi connectivity index (χ2v) is 2.64. The number of aromatic nitrogens is 1. The first-order chi connectivity index (χ1) is 7.50. The molecule has 0 fully saturated rings. The Balaban J connectivity index is 2.53. The van der Waals surface area contributed by atoms with E-state index in [1.807, 2.05) is 5.48 Å². The van der Waals surface area contributed by atoms with Gasteiger partial charge in [-0.25, -0.2) is 10.3 Å². The molecule has 0 saturated carbocycles. The summed E-state index contributed by atoms with van der Waals surface area (Å²) >= 11 is 0. The fourth-order valence-electron chi connectivity index (χ4n) is 0.838. The van der Waals surface area contributed by atoms with Crippen LogP contribution < -0.4 is 5.48 Å². The standard InChI is InChI=1S/C7H7N3O6/c11-6(12)3-16-9-7(13)5-1-4(2-8-5)10(14)15/h1-2,8H,3H2,(H,9,13)(H,11,12). The smallest absolute Gasteiger partial charge is 0.332 e. The lowest BCUT2D eigenvalue weighted by Crippen LogP contribution is -2.26. The lowest BCUT2D eigenvalue weighted by atomic mass is 10.4. The van der Waals surface area contributed by atoms with E-state index < -0.39 is 23.4 Å². The molecule has 0 spiro atoms. The van der Waals surface area contributed by atoms with Gasteiger partial charge in [-0.3, -0.25) is 19.7 Å². The number of carboxylic acids is 1. The molecule has 0 radical (unpaired) electrons. The highest BCUT2D eigenvalue weighted by Gasteiger charge is 2.14. The van der Waals surface area contributed by atoms with Crippen molar-refractivity contribution in [2.24, 2.45) is 0 Å². The van der Waals surface area contributed by atoms with E-state index >= 15 is 0 Å². The third-order valence-corrected chi connectivity index (χ3v) is 1.48. The number of aliphatic carboxylic acids is 1. The number of aromatic amines is 1. The highest BCUT2D eigenvalue weighted by Crippen LogP contribution is 2.11. The molecule has 16 heavy (non-hydrogen) atoms. The molecule has 0 unspecified atom stereocenters. The van der Waals surface area contributed by atoms with Crippen molar-refractivity contribution in [2.45, 2.75) is 0 Å². The van der Waals surface area contributed by atoms with Crippen molar-refractivity contribution >= 4 is 17.6 Å². The first kappa shape index (κ1) is 11.7. The van der Waals surface area contributed by atoms with Crippen LogP contribution in [0.4, 0.5) is 5.69 Å². The summed E-state index contributed by atoms with van der Waals surface area (Å²) in [7, 11) is 0. The molecule has 1 heterocycles. The maximum absolute atomic E-state index is 11.2. The van der Waals surface area contributed by atoms with E-state index in [9.17, 15) is 19.7 Å². The second kappa shape index (κ2) is 4.89. The van der Waals surface area contributed by atoms with Crippen LogP contribution in [0.1, 0.15) is 10.5 Å². The molecule has 9 heteroatoms. The van der Waals surface area contributed by atoms with Gasteiger partial charge in [-0.15, -0.1) is 0 Å². The largest absolute Gasteiger partial charge is 0.479 e. The van der Waals surface area contributed by atoms with Crippen molar-refractivity contribution in [3.05, 3.63) is 28.1 Å². The van der Waals surface area contributed by atoms with E-state index in [2.05, 4.69) is 9.82 Å². The molecule has 0 aromatic carbocycles. The van der Waals surface area contributed by atoms with Crippen molar-refractivity contribution in [3.8, 4) is 0 Å². The Bertz CT molecular complexity index is 426. The molecule has 0 aliphatic heterocycles. The van der Waals surface area contributed by atoms with Crippen LogP contribution in [0.2, 0.25) is 0 Å². The van der Waals surface area contributed by atoms with Crippen LogP contribution in [-0.2, 0) is 9.63 Å². The molecule has 0 bridgehead atoms. The topological polar surface area (TPSA) is 135 Å². The SMILES string of the molecule is O=C(O)CONC(=O)c1cc([N+](=O)[O-])c[nH]1. The molecule has 0 aliphatic carbocycles. The minimum atomic E-state index is -1.25. The Morgan fingerprint density at radius 1 is 1.62 bits per heavy atom. The summed E-state index contributed by atoms with van der Waals surface area (Å²) < 4.78 is 0. The van der Waals surface area contributed by atoms with Gasteiger partial charge >= 0.3 is 5.97 Å². The molecule has 1 aromatic heterocycles. The highest BCUT2D eigenvalue weighted by molar-refractivity contribution is 5.92. The monoisotopic (exact) mass is 229 g/mol. The number of carbonyl (C=O) groups is 2. The number of H-pyrrole nitrogens is 1. The first-order valence-electron chi connectivity index (χ1n) is 3.97. The minimum absolute atomic E-state index is 0.0999. The number of hydroxylamine groups is 1. The van der Waals surface area contributed by atoms with Crippen LogP contribution in [0.3, 0.4) is 0 Å². The van der Waals surface area contributed by atoms with Gasteiger partial charge in [-0.2, -0.15) is 0 Å². The fraction of sp³-hybridized carbons (Fsp3) is 0.143. The molecular weight excluding hydrogens is 222 g/mol. The van der Waals surface area contributed by atoms with Crippen LogP contribution in [0.15, 0.2) is 12.3 Å². The minimum Gasteiger partial charge on any atom is -0.479 e. The van der Waals surface area contributed by atoms with Gasteiger partial charge in [0.25, 0.3) is 11.6 Å². The fourth-order valence-corrected chi connectivity index (χ4v) is 0.838.